The van der Waals surface area contributed by atoms with Crippen LogP contribution in [0.2, 0.25) is 0 Å². The van der Waals surface area contributed by atoms with Gasteiger partial charge in [0.2, 0.25) is 0 Å². The summed E-state index contributed by atoms with van der Waals surface area (Å²) in [5.74, 6) is 0.652. The van der Waals surface area contributed by atoms with E-state index in [1.54, 1.807) is 7.11 Å². The van der Waals surface area contributed by atoms with Crippen molar-refractivity contribution < 1.29 is 18.6 Å². The van der Waals surface area contributed by atoms with Gasteiger partial charge in [0, 0.05) is 18.0 Å². The van der Waals surface area contributed by atoms with E-state index in [1.807, 2.05) is 0 Å². The van der Waals surface area contributed by atoms with E-state index < -0.39 is 5.82 Å². The van der Waals surface area contributed by atoms with Crippen LogP contribution in [-0.2, 0) is 5.41 Å². The van der Waals surface area contributed by atoms with Crippen molar-refractivity contribution in [2.24, 2.45) is 5.73 Å². The fourth-order valence-electron chi connectivity index (χ4n) is 2.79. The molecule has 0 aromatic heterocycles. The van der Waals surface area contributed by atoms with Crippen molar-refractivity contribution in [2.75, 3.05) is 27.9 Å². The Kier molecular flexibility index (Phi) is 3.85. The van der Waals surface area contributed by atoms with Gasteiger partial charge in [-0.3, -0.25) is 0 Å². The highest BCUT2D eigenvalue weighted by Crippen LogP contribution is 2.53. The Bertz CT molecular complexity index is 467. The molecule has 0 spiro atoms. The first-order chi connectivity index (χ1) is 9.13. The average molecular weight is 269 g/mol. The summed E-state index contributed by atoms with van der Waals surface area (Å²) in [5, 5.41) is 0. The van der Waals surface area contributed by atoms with Crippen LogP contribution >= 0.6 is 0 Å². The minimum atomic E-state index is -0.449. The number of benzene rings is 1. The Morgan fingerprint density at radius 3 is 2.16 bits per heavy atom. The molecule has 1 fully saturated rings. The Hall–Kier alpha value is -1.49. The van der Waals surface area contributed by atoms with Crippen molar-refractivity contribution in [3.63, 3.8) is 0 Å². The van der Waals surface area contributed by atoms with Crippen molar-refractivity contribution in [3.05, 3.63) is 17.4 Å². The highest BCUT2D eigenvalue weighted by Gasteiger charge is 2.43. The summed E-state index contributed by atoms with van der Waals surface area (Å²) >= 11 is 0. The molecule has 5 heteroatoms. The lowest BCUT2D eigenvalue weighted by Gasteiger charge is -2.42. The van der Waals surface area contributed by atoms with E-state index in [1.165, 1.54) is 20.3 Å². The first kappa shape index (κ1) is 13.9. The summed E-state index contributed by atoms with van der Waals surface area (Å²) in [7, 11) is 4.49. The minimum Gasteiger partial charge on any atom is -0.493 e. The van der Waals surface area contributed by atoms with Gasteiger partial charge in [-0.15, -0.1) is 0 Å². The van der Waals surface area contributed by atoms with Crippen LogP contribution in [0, 0.1) is 5.82 Å². The lowest BCUT2D eigenvalue weighted by atomic mass is 9.64. The van der Waals surface area contributed by atoms with Gasteiger partial charge in [0.05, 0.1) is 26.9 Å². The van der Waals surface area contributed by atoms with Crippen LogP contribution < -0.4 is 19.9 Å². The summed E-state index contributed by atoms with van der Waals surface area (Å²) in [6.45, 7) is 0.437. The third kappa shape index (κ3) is 2.02. The standard InChI is InChI=1S/C14H20FNO3/c1-17-10-7-9(15)12(18-2)11(13(10)19-3)14(8-16)5-4-6-14/h7H,4-6,8,16H2,1-3H3. The quantitative estimate of drug-likeness (QED) is 0.890. The van der Waals surface area contributed by atoms with Gasteiger partial charge in [0.25, 0.3) is 0 Å². The number of nitrogens with two attached hydrogens (primary N) is 1. The number of hydrogen-bond donors (Lipinski definition) is 1. The van der Waals surface area contributed by atoms with E-state index in [9.17, 15) is 4.39 Å². The molecule has 0 bridgehead atoms. The van der Waals surface area contributed by atoms with Crippen molar-refractivity contribution in [1.29, 1.82) is 0 Å². The predicted octanol–water partition coefficient (Wildman–Crippen LogP) is 2.23. The number of ether oxygens (including phenoxy) is 3. The summed E-state index contributed by atoms with van der Waals surface area (Å²) in [6.07, 6.45) is 2.88. The van der Waals surface area contributed by atoms with E-state index in [0.717, 1.165) is 19.3 Å². The number of hydrogen-bond acceptors (Lipinski definition) is 4. The summed E-state index contributed by atoms with van der Waals surface area (Å²) in [4.78, 5) is 0. The van der Waals surface area contributed by atoms with E-state index in [-0.39, 0.29) is 11.2 Å². The molecule has 2 N–H and O–H groups in total. The maximum Gasteiger partial charge on any atom is 0.169 e. The maximum atomic E-state index is 14.1. The molecule has 1 aromatic rings. The molecule has 106 valence electrons. The van der Waals surface area contributed by atoms with Crippen molar-refractivity contribution in [3.8, 4) is 17.2 Å². The van der Waals surface area contributed by atoms with Crippen LogP contribution in [0.1, 0.15) is 24.8 Å². The molecule has 4 nitrogen and oxygen atoms in total. The van der Waals surface area contributed by atoms with Crippen LogP contribution in [0.3, 0.4) is 0 Å². The lowest BCUT2D eigenvalue weighted by molar-refractivity contribution is 0.227. The van der Waals surface area contributed by atoms with Crippen LogP contribution in [0.5, 0.6) is 17.2 Å². The predicted molar refractivity (Wildman–Crippen MR) is 70.6 cm³/mol. The largest absolute Gasteiger partial charge is 0.493 e. The molecule has 1 aromatic carbocycles. The van der Waals surface area contributed by atoms with Crippen LogP contribution in [0.15, 0.2) is 6.07 Å². The normalized spacial score (nSPS) is 16.7. The first-order valence-corrected chi connectivity index (χ1v) is 6.32. The average Bonchev–Trinajstić information content (AvgIpc) is 2.37. The topological polar surface area (TPSA) is 53.7 Å². The third-order valence-corrected chi connectivity index (χ3v) is 4.01. The van der Waals surface area contributed by atoms with Crippen molar-refractivity contribution in [2.45, 2.75) is 24.7 Å². The molecule has 0 aliphatic heterocycles. The fraction of sp³-hybridized carbons (Fsp3) is 0.571. The molecule has 0 unspecified atom stereocenters. The first-order valence-electron chi connectivity index (χ1n) is 6.32. The molecule has 19 heavy (non-hydrogen) atoms. The molecular formula is C14H20FNO3. The van der Waals surface area contributed by atoms with Gasteiger partial charge in [-0.2, -0.15) is 0 Å². The number of rotatable bonds is 5. The van der Waals surface area contributed by atoms with Crippen LogP contribution in [-0.4, -0.2) is 27.9 Å². The smallest absolute Gasteiger partial charge is 0.169 e. The molecule has 0 radical (unpaired) electrons. The Labute approximate surface area is 112 Å². The molecule has 2 rings (SSSR count). The van der Waals surface area contributed by atoms with E-state index in [0.29, 0.717) is 23.6 Å². The molecule has 0 heterocycles. The monoisotopic (exact) mass is 269 g/mol. The molecule has 0 atom stereocenters. The van der Waals surface area contributed by atoms with Crippen LogP contribution in [0.25, 0.3) is 0 Å². The van der Waals surface area contributed by atoms with Gasteiger partial charge in [-0.05, 0) is 12.8 Å². The Balaban J connectivity index is 2.70. The minimum absolute atomic E-state index is 0.211. The Morgan fingerprint density at radius 2 is 1.79 bits per heavy atom. The van der Waals surface area contributed by atoms with Crippen LogP contribution in [0.4, 0.5) is 4.39 Å². The third-order valence-electron chi connectivity index (χ3n) is 4.01. The highest BCUT2D eigenvalue weighted by atomic mass is 19.1. The van der Waals surface area contributed by atoms with Crippen molar-refractivity contribution in [1.82, 2.24) is 0 Å². The van der Waals surface area contributed by atoms with Gasteiger partial charge < -0.3 is 19.9 Å². The second-order valence-electron chi connectivity index (χ2n) is 4.84. The highest BCUT2D eigenvalue weighted by molar-refractivity contribution is 5.59. The van der Waals surface area contributed by atoms with Gasteiger partial charge in [-0.25, -0.2) is 4.39 Å². The van der Waals surface area contributed by atoms with Gasteiger partial charge >= 0.3 is 0 Å². The molecule has 1 aliphatic carbocycles. The SMILES string of the molecule is COc1cc(F)c(OC)c(C2(CN)CCC2)c1OC. The zero-order valence-electron chi connectivity index (χ0n) is 11.6. The summed E-state index contributed by atoms with van der Waals surface area (Å²) in [6, 6.07) is 1.28. The van der Waals surface area contributed by atoms with E-state index in [2.05, 4.69) is 0 Å². The summed E-state index contributed by atoms with van der Waals surface area (Å²) < 4.78 is 30.0. The lowest BCUT2D eigenvalue weighted by Crippen LogP contribution is -2.42. The maximum absolute atomic E-state index is 14.1. The molecule has 1 saturated carbocycles. The zero-order chi connectivity index (χ0) is 14.0. The van der Waals surface area contributed by atoms with Gasteiger partial charge in [0.15, 0.2) is 23.1 Å². The molecule has 0 amide bonds. The van der Waals surface area contributed by atoms with Crippen molar-refractivity contribution >= 4 is 0 Å². The van der Waals surface area contributed by atoms with E-state index >= 15 is 0 Å². The van der Waals surface area contributed by atoms with E-state index in [4.69, 9.17) is 19.9 Å². The molecule has 1 aliphatic rings. The second kappa shape index (κ2) is 5.25. The fourth-order valence-corrected chi connectivity index (χ4v) is 2.79. The number of halogens is 1. The zero-order valence-corrected chi connectivity index (χ0v) is 11.6. The Morgan fingerprint density at radius 1 is 1.16 bits per heavy atom. The number of methoxy groups -OCH3 is 3. The second-order valence-corrected chi connectivity index (χ2v) is 4.84. The van der Waals surface area contributed by atoms with Gasteiger partial charge in [0.1, 0.15) is 0 Å². The molecular weight excluding hydrogens is 249 g/mol. The summed E-state index contributed by atoms with van der Waals surface area (Å²) in [5.41, 5.74) is 6.34. The molecule has 0 saturated heterocycles. The van der Waals surface area contributed by atoms with Gasteiger partial charge in [-0.1, -0.05) is 6.42 Å².